The number of aromatic nitrogens is 1. The van der Waals surface area contributed by atoms with Gasteiger partial charge in [0.15, 0.2) is 11.8 Å². The Morgan fingerprint density at radius 2 is 1.96 bits per heavy atom. The molecule has 3 atom stereocenters. The maximum Gasteiger partial charge on any atom is 0.357 e. The number of aliphatic hydroxyl groups excluding tert-OH is 1. The SMILES string of the molecule is CCCCC[C@H](O)[C@@H](C)C(=O)O[C@H](c1nc(C(=O)OC)cs1)C(C)C. The molecule has 0 aliphatic carbocycles. The molecule has 6 nitrogen and oxygen atoms in total. The zero-order valence-corrected chi connectivity index (χ0v) is 16.5. The Hall–Kier alpha value is -1.47. The van der Waals surface area contributed by atoms with Crippen molar-refractivity contribution in [2.45, 2.75) is 65.6 Å². The Labute approximate surface area is 153 Å². The van der Waals surface area contributed by atoms with Crippen molar-refractivity contribution >= 4 is 23.3 Å². The van der Waals surface area contributed by atoms with Crippen LogP contribution >= 0.6 is 11.3 Å². The first-order valence-corrected chi connectivity index (χ1v) is 9.62. The first-order valence-electron chi connectivity index (χ1n) is 8.74. The van der Waals surface area contributed by atoms with Crippen molar-refractivity contribution in [1.82, 2.24) is 4.98 Å². The van der Waals surface area contributed by atoms with Gasteiger partial charge in [-0.1, -0.05) is 40.0 Å². The van der Waals surface area contributed by atoms with Crippen molar-refractivity contribution in [2.75, 3.05) is 7.11 Å². The molecule has 0 saturated carbocycles. The molecule has 7 heteroatoms. The number of carbonyl (C=O) groups is 2. The number of rotatable bonds is 10. The van der Waals surface area contributed by atoms with Gasteiger partial charge < -0.3 is 14.6 Å². The summed E-state index contributed by atoms with van der Waals surface area (Å²) in [5.74, 6) is -1.57. The fourth-order valence-electron chi connectivity index (χ4n) is 2.33. The Bertz CT molecular complexity index is 557. The van der Waals surface area contributed by atoms with E-state index in [-0.39, 0.29) is 11.6 Å². The molecule has 0 aromatic carbocycles. The van der Waals surface area contributed by atoms with Crippen molar-refractivity contribution in [1.29, 1.82) is 0 Å². The minimum Gasteiger partial charge on any atom is -0.464 e. The van der Waals surface area contributed by atoms with Gasteiger partial charge in [-0.25, -0.2) is 9.78 Å². The Morgan fingerprint density at radius 1 is 1.28 bits per heavy atom. The number of nitrogens with zero attached hydrogens (tertiary/aromatic N) is 1. The van der Waals surface area contributed by atoms with E-state index in [1.807, 2.05) is 13.8 Å². The van der Waals surface area contributed by atoms with Gasteiger partial charge >= 0.3 is 11.9 Å². The van der Waals surface area contributed by atoms with E-state index in [4.69, 9.17) is 4.74 Å². The molecule has 1 heterocycles. The van der Waals surface area contributed by atoms with Gasteiger partial charge in [0.05, 0.1) is 19.1 Å². The lowest BCUT2D eigenvalue weighted by atomic mass is 9.99. The highest BCUT2D eigenvalue weighted by molar-refractivity contribution is 7.09. The predicted molar refractivity (Wildman–Crippen MR) is 96.4 cm³/mol. The van der Waals surface area contributed by atoms with Gasteiger partial charge in [0.1, 0.15) is 5.01 Å². The monoisotopic (exact) mass is 371 g/mol. The molecule has 0 fully saturated rings. The Kier molecular flexibility index (Phi) is 9.06. The number of thiazole rings is 1. The molecule has 25 heavy (non-hydrogen) atoms. The van der Waals surface area contributed by atoms with Crippen LogP contribution < -0.4 is 0 Å². The number of unbranched alkanes of at least 4 members (excludes halogenated alkanes) is 2. The molecule has 0 bridgehead atoms. The van der Waals surface area contributed by atoms with Gasteiger partial charge in [0.2, 0.25) is 0 Å². The topological polar surface area (TPSA) is 85.7 Å². The van der Waals surface area contributed by atoms with Crippen LogP contribution in [0.15, 0.2) is 5.38 Å². The molecule has 1 N–H and O–H groups in total. The highest BCUT2D eigenvalue weighted by atomic mass is 32.1. The van der Waals surface area contributed by atoms with Crippen molar-refractivity contribution in [3.63, 3.8) is 0 Å². The summed E-state index contributed by atoms with van der Waals surface area (Å²) < 4.78 is 10.3. The van der Waals surface area contributed by atoms with E-state index in [0.29, 0.717) is 11.4 Å². The summed E-state index contributed by atoms with van der Waals surface area (Å²) in [5, 5.41) is 12.3. The molecule has 1 aromatic rings. The largest absolute Gasteiger partial charge is 0.464 e. The average Bonchev–Trinajstić information content (AvgIpc) is 3.07. The van der Waals surface area contributed by atoms with Crippen molar-refractivity contribution in [2.24, 2.45) is 11.8 Å². The van der Waals surface area contributed by atoms with Crippen LogP contribution in [0.5, 0.6) is 0 Å². The lowest BCUT2D eigenvalue weighted by Crippen LogP contribution is -2.29. The number of methoxy groups -OCH3 is 1. The van der Waals surface area contributed by atoms with Crippen LogP contribution in [0.2, 0.25) is 0 Å². The van der Waals surface area contributed by atoms with E-state index in [0.717, 1.165) is 19.3 Å². The van der Waals surface area contributed by atoms with E-state index in [1.165, 1.54) is 18.4 Å². The molecule has 0 unspecified atom stereocenters. The van der Waals surface area contributed by atoms with Crippen molar-refractivity contribution in [3.05, 3.63) is 16.1 Å². The highest BCUT2D eigenvalue weighted by Crippen LogP contribution is 2.30. The minimum absolute atomic E-state index is 0.00923. The summed E-state index contributed by atoms with van der Waals surface area (Å²) in [5.41, 5.74) is 0.205. The fraction of sp³-hybridized carbons (Fsp3) is 0.722. The van der Waals surface area contributed by atoms with Crippen LogP contribution in [0.25, 0.3) is 0 Å². The molecular weight excluding hydrogens is 342 g/mol. The first-order chi connectivity index (χ1) is 11.8. The molecule has 0 aliphatic rings. The predicted octanol–water partition coefficient (Wildman–Crippen LogP) is 3.75. The third kappa shape index (κ3) is 6.40. The lowest BCUT2D eigenvalue weighted by Gasteiger charge is -2.23. The number of ether oxygens (including phenoxy) is 2. The summed E-state index contributed by atoms with van der Waals surface area (Å²) in [6, 6.07) is 0. The normalized spacial score (nSPS) is 14.8. The van der Waals surface area contributed by atoms with E-state index < -0.39 is 30.1 Å². The van der Waals surface area contributed by atoms with E-state index in [9.17, 15) is 14.7 Å². The van der Waals surface area contributed by atoms with Crippen molar-refractivity contribution in [3.8, 4) is 0 Å². The summed E-state index contributed by atoms with van der Waals surface area (Å²) in [4.78, 5) is 28.2. The quantitative estimate of drug-likeness (QED) is 0.498. The van der Waals surface area contributed by atoms with Crippen LogP contribution in [0.1, 0.15) is 75.0 Å². The van der Waals surface area contributed by atoms with Crippen LogP contribution in [0.4, 0.5) is 0 Å². The lowest BCUT2D eigenvalue weighted by molar-refractivity contribution is -0.160. The number of esters is 2. The van der Waals surface area contributed by atoms with Crippen LogP contribution in [-0.4, -0.2) is 35.2 Å². The molecule has 0 saturated heterocycles. The maximum atomic E-state index is 12.4. The molecule has 1 aromatic heterocycles. The maximum absolute atomic E-state index is 12.4. The Morgan fingerprint density at radius 3 is 2.52 bits per heavy atom. The van der Waals surface area contributed by atoms with Gasteiger partial charge in [0, 0.05) is 5.38 Å². The van der Waals surface area contributed by atoms with Crippen LogP contribution in [0.3, 0.4) is 0 Å². The molecule has 0 radical (unpaired) electrons. The third-order valence-electron chi connectivity index (χ3n) is 4.06. The van der Waals surface area contributed by atoms with Crippen LogP contribution in [0, 0.1) is 11.8 Å². The smallest absolute Gasteiger partial charge is 0.357 e. The molecule has 142 valence electrons. The van der Waals surface area contributed by atoms with E-state index in [1.54, 1.807) is 12.3 Å². The van der Waals surface area contributed by atoms with Crippen LogP contribution in [-0.2, 0) is 14.3 Å². The molecule has 1 rings (SSSR count). The van der Waals surface area contributed by atoms with E-state index in [2.05, 4.69) is 16.6 Å². The summed E-state index contributed by atoms with van der Waals surface area (Å²) in [7, 11) is 1.29. The number of hydrogen-bond acceptors (Lipinski definition) is 7. The zero-order chi connectivity index (χ0) is 19.0. The molecule has 0 aliphatic heterocycles. The van der Waals surface area contributed by atoms with Gasteiger partial charge in [-0.15, -0.1) is 11.3 Å². The number of carbonyl (C=O) groups excluding carboxylic acids is 2. The standard InChI is InChI=1S/C18H29NO5S/c1-6-7-8-9-14(20)12(4)17(21)24-15(11(2)3)16-19-13(10-25-16)18(22)23-5/h10-12,14-15,20H,6-9H2,1-5H3/t12-,14+,15+/m1/s1. The fourth-order valence-corrected chi connectivity index (χ4v) is 3.32. The molecular formula is C18H29NO5S. The second-order valence-corrected chi connectivity index (χ2v) is 7.41. The van der Waals surface area contributed by atoms with Gasteiger partial charge in [-0.2, -0.15) is 0 Å². The van der Waals surface area contributed by atoms with E-state index >= 15 is 0 Å². The third-order valence-corrected chi connectivity index (χ3v) is 4.97. The first kappa shape index (κ1) is 21.6. The van der Waals surface area contributed by atoms with Gasteiger partial charge in [0.25, 0.3) is 0 Å². The number of aliphatic hydroxyl groups is 1. The minimum atomic E-state index is -0.714. The number of hydrogen-bond donors (Lipinski definition) is 1. The second-order valence-electron chi connectivity index (χ2n) is 6.52. The van der Waals surface area contributed by atoms with Crippen molar-refractivity contribution < 1.29 is 24.2 Å². The average molecular weight is 371 g/mol. The Balaban J connectivity index is 2.75. The second kappa shape index (κ2) is 10.5. The summed E-state index contributed by atoms with van der Waals surface area (Å²) in [6.07, 6.45) is 2.30. The highest BCUT2D eigenvalue weighted by Gasteiger charge is 2.30. The zero-order valence-electron chi connectivity index (χ0n) is 15.7. The van der Waals surface area contributed by atoms with Gasteiger partial charge in [-0.3, -0.25) is 4.79 Å². The molecule has 0 amide bonds. The van der Waals surface area contributed by atoms with Gasteiger partial charge in [-0.05, 0) is 19.3 Å². The summed E-state index contributed by atoms with van der Waals surface area (Å²) in [6.45, 7) is 7.60. The molecule has 0 spiro atoms. The summed E-state index contributed by atoms with van der Waals surface area (Å²) >= 11 is 1.26.